The van der Waals surface area contributed by atoms with Gasteiger partial charge < -0.3 is 14.8 Å². The highest BCUT2D eigenvalue weighted by Crippen LogP contribution is 2.30. The maximum atomic E-state index is 11.1. The number of rotatable bonds is 3. The SMILES string of the molecule is COc1cc(C(=O)O)cc2[nH]c(-c3cccs3)nc12. The highest BCUT2D eigenvalue weighted by atomic mass is 32.1. The Morgan fingerprint density at radius 1 is 1.47 bits per heavy atom. The van der Waals surface area contributed by atoms with E-state index in [1.165, 1.54) is 13.2 Å². The van der Waals surface area contributed by atoms with Crippen molar-refractivity contribution in [1.29, 1.82) is 0 Å². The molecular formula is C13H10N2O3S. The lowest BCUT2D eigenvalue weighted by molar-refractivity contribution is 0.0696. The number of carbonyl (C=O) groups is 1. The Morgan fingerprint density at radius 2 is 2.32 bits per heavy atom. The summed E-state index contributed by atoms with van der Waals surface area (Å²) in [5.41, 5.74) is 1.46. The zero-order valence-electron chi connectivity index (χ0n) is 10.0. The highest BCUT2D eigenvalue weighted by Gasteiger charge is 2.14. The number of hydrogen-bond donors (Lipinski definition) is 2. The second-order valence-electron chi connectivity index (χ2n) is 3.94. The average Bonchev–Trinajstić information content (AvgIpc) is 3.05. The topological polar surface area (TPSA) is 75.2 Å². The van der Waals surface area contributed by atoms with E-state index >= 15 is 0 Å². The number of benzene rings is 1. The van der Waals surface area contributed by atoms with Gasteiger partial charge >= 0.3 is 5.97 Å². The molecular weight excluding hydrogens is 264 g/mol. The van der Waals surface area contributed by atoms with Crippen molar-refractivity contribution in [3.8, 4) is 16.5 Å². The van der Waals surface area contributed by atoms with Gasteiger partial charge in [-0.05, 0) is 23.6 Å². The standard InChI is InChI=1S/C13H10N2O3S/c1-18-9-6-7(13(16)17)5-8-11(9)15-12(14-8)10-3-2-4-19-10/h2-6H,1H3,(H,14,15)(H,16,17). The molecule has 0 bridgehead atoms. The normalized spacial score (nSPS) is 10.8. The summed E-state index contributed by atoms with van der Waals surface area (Å²) in [6.07, 6.45) is 0. The van der Waals surface area contributed by atoms with E-state index < -0.39 is 5.97 Å². The van der Waals surface area contributed by atoms with Gasteiger partial charge in [-0.25, -0.2) is 9.78 Å². The fraction of sp³-hybridized carbons (Fsp3) is 0.0769. The first-order chi connectivity index (χ1) is 9.19. The fourth-order valence-corrected chi connectivity index (χ4v) is 2.56. The van der Waals surface area contributed by atoms with Crippen LogP contribution in [-0.4, -0.2) is 28.2 Å². The summed E-state index contributed by atoms with van der Waals surface area (Å²) < 4.78 is 5.21. The molecule has 0 atom stereocenters. The molecule has 0 amide bonds. The van der Waals surface area contributed by atoms with Crippen molar-refractivity contribution in [2.75, 3.05) is 7.11 Å². The van der Waals surface area contributed by atoms with Crippen LogP contribution in [0.1, 0.15) is 10.4 Å². The number of carboxylic acid groups (broad SMARTS) is 1. The first kappa shape index (κ1) is 11.7. The van der Waals surface area contributed by atoms with Crippen LogP contribution in [0.25, 0.3) is 21.7 Å². The van der Waals surface area contributed by atoms with Crippen LogP contribution < -0.4 is 4.74 Å². The highest BCUT2D eigenvalue weighted by molar-refractivity contribution is 7.13. The lowest BCUT2D eigenvalue weighted by Crippen LogP contribution is -1.97. The second kappa shape index (κ2) is 4.40. The van der Waals surface area contributed by atoms with Crippen molar-refractivity contribution < 1.29 is 14.6 Å². The molecule has 3 aromatic rings. The summed E-state index contributed by atoms with van der Waals surface area (Å²) in [6, 6.07) is 6.92. The number of thiophene rings is 1. The van der Waals surface area contributed by atoms with E-state index in [-0.39, 0.29) is 5.56 Å². The first-order valence-corrected chi connectivity index (χ1v) is 6.42. The minimum Gasteiger partial charge on any atom is -0.494 e. The third-order valence-electron chi connectivity index (χ3n) is 2.77. The Hall–Kier alpha value is -2.34. The van der Waals surface area contributed by atoms with Crippen LogP contribution in [-0.2, 0) is 0 Å². The first-order valence-electron chi connectivity index (χ1n) is 5.54. The number of aromatic nitrogens is 2. The summed E-state index contributed by atoms with van der Waals surface area (Å²) in [5.74, 6) is 0.173. The Balaban J connectivity index is 2.24. The van der Waals surface area contributed by atoms with Crippen molar-refractivity contribution >= 4 is 28.3 Å². The molecule has 5 nitrogen and oxygen atoms in total. The molecule has 0 aliphatic heterocycles. The molecule has 2 heterocycles. The number of aromatic amines is 1. The van der Waals surface area contributed by atoms with Gasteiger partial charge in [-0.15, -0.1) is 11.3 Å². The number of H-pyrrole nitrogens is 1. The van der Waals surface area contributed by atoms with Crippen molar-refractivity contribution in [3.63, 3.8) is 0 Å². The van der Waals surface area contributed by atoms with Crippen LogP contribution in [0.4, 0.5) is 0 Å². The predicted octanol–water partition coefficient (Wildman–Crippen LogP) is 3.00. The van der Waals surface area contributed by atoms with Crippen molar-refractivity contribution in [3.05, 3.63) is 35.2 Å². The molecule has 0 aliphatic carbocycles. The zero-order valence-corrected chi connectivity index (χ0v) is 10.8. The van der Waals surface area contributed by atoms with Crippen molar-refractivity contribution in [1.82, 2.24) is 9.97 Å². The van der Waals surface area contributed by atoms with Gasteiger partial charge in [0, 0.05) is 0 Å². The second-order valence-corrected chi connectivity index (χ2v) is 4.89. The molecule has 0 saturated heterocycles. The van der Waals surface area contributed by atoms with Gasteiger partial charge in [0.05, 0.1) is 23.1 Å². The van der Waals surface area contributed by atoms with Crippen LogP contribution in [0, 0.1) is 0 Å². The summed E-state index contributed by atoms with van der Waals surface area (Å²) in [4.78, 5) is 19.6. The Bertz CT molecular complexity index is 747. The molecule has 2 aromatic heterocycles. The molecule has 1 aromatic carbocycles. The summed E-state index contributed by atoms with van der Waals surface area (Å²) in [5, 5.41) is 11.0. The number of nitrogens with one attached hydrogen (secondary N) is 1. The van der Waals surface area contributed by atoms with E-state index in [2.05, 4.69) is 9.97 Å². The average molecular weight is 274 g/mol. The molecule has 0 saturated carbocycles. The number of fused-ring (bicyclic) bond motifs is 1. The van der Waals surface area contributed by atoms with Gasteiger partial charge in [-0.1, -0.05) is 6.07 Å². The van der Waals surface area contributed by atoms with Crippen molar-refractivity contribution in [2.24, 2.45) is 0 Å². The van der Waals surface area contributed by atoms with E-state index in [0.717, 1.165) is 4.88 Å². The van der Waals surface area contributed by atoms with E-state index in [0.29, 0.717) is 22.6 Å². The minimum absolute atomic E-state index is 0.172. The number of aromatic carboxylic acids is 1. The Morgan fingerprint density at radius 3 is 2.95 bits per heavy atom. The molecule has 0 fully saturated rings. The van der Waals surface area contributed by atoms with Crippen LogP contribution in [0.15, 0.2) is 29.6 Å². The van der Waals surface area contributed by atoms with Gasteiger partial charge in [0.15, 0.2) is 0 Å². The lowest BCUT2D eigenvalue weighted by Gasteiger charge is -2.01. The molecule has 0 unspecified atom stereocenters. The van der Waals surface area contributed by atoms with Crippen LogP contribution in [0.2, 0.25) is 0 Å². The summed E-state index contributed by atoms with van der Waals surface area (Å²) in [6.45, 7) is 0. The number of carboxylic acids is 1. The largest absolute Gasteiger partial charge is 0.494 e. The quantitative estimate of drug-likeness (QED) is 0.769. The molecule has 6 heteroatoms. The van der Waals surface area contributed by atoms with E-state index in [9.17, 15) is 4.79 Å². The van der Waals surface area contributed by atoms with E-state index in [1.807, 2.05) is 17.5 Å². The molecule has 2 N–H and O–H groups in total. The van der Waals surface area contributed by atoms with Gasteiger partial charge in [-0.3, -0.25) is 0 Å². The molecule has 96 valence electrons. The Labute approximate surface area is 112 Å². The number of methoxy groups -OCH3 is 1. The monoisotopic (exact) mass is 274 g/mol. The van der Waals surface area contributed by atoms with Crippen LogP contribution in [0.5, 0.6) is 5.75 Å². The third-order valence-corrected chi connectivity index (χ3v) is 3.65. The predicted molar refractivity (Wildman–Crippen MR) is 72.9 cm³/mol. The summed E-state index contributed by atoms with van der Waals surface area (Å²) in [7, 11) is 1.50. The summed E-state index contributed by atoms with van der Waals surface area (Å²) >= 11 is 1.56. The zero-order chi connectivity index (χ0) is 13.4. The minimum atomic E-state index is -0.993. The van der Waals surface area contributed by atoms with Crippen LogP contribution in [0.3, 0.4) is 0 Å². The number of nitrogens with zero attached hydrogens (tertiary/aromatic N) is 1. The lowest BCUT2D eigenvalue weighted by atomic mass is 10.2. The van der Waals surface area contributed by atoms with Crippen molar-refractivity contribution in [2.45, 2.75) is 0 Å². The molecule has 0 radical (unpaired) electrons. The van der Waals surface area contributed by atoms with Gasteiger partial charge in [0.2, 0.25) is 0 Å². The van der Waals surface area contributed by atoms with E-state index in [1.54, 1.807) is 17.4 Å². The van der Waals surface area contributed by atoms with Gasteiger partial charge in [0.25, 0.3) is 0 Å². The number of ether oxygens (including phenoxy) is 1. The maximum absolute atomic E-state index is 11.1. The van der Waals surface area contributed by atoms with Crippen LogP contribution >= 0.6 is 11.3 Å². The third kappa shape index (κ3) is 1.96. The van der Waals surface area contributed by atoms with Gasteiger partial charge in [0.1, 0.15) is 17.1 Å². The van der Waals surface area contributed by atoms with Gasteiger partial charge in [-0.2, -0.15) is 0 Å². The smallest absolute Gasteiger partial charge is 0.335 e. The number of imidazole rings is 1. The molecule has 0 spiro atoms. The van der Waals surface area contributed by atoms with E-state index in [4.69, 9.17) is 9.84 Å². The fourth-order valence-electron chi connectivity index (χ4n) is 1.89. The number of hydrogen-bond acceptors (Lipinski definition) is 4. The maximum Gasteiger partial charge on any atom is 0.335 e. The molecule has 0 aliphatic rings. The molecule has 19 heavy (non-hydrogen) atoms. The molecule has 3 rings (SSSR count). The Kier molecular flexibility index (Phi) is 2.72.